The van der Waals surface area contributed by atoms with Gasteiger partial charge in [-0.3, -0.25) is 4.79 Å². The molecule has 1 saturated heterocycles. The van der Waals surface area contributed by atoms with Crippen LogP contribution in [0.2, 0.25) is 0 Å². The maximum absolute atomic E-state index is 13.0. The highest BCUT2D eigenvalue weighted by atomic mass is 32.2. The molecule has 1 fully saturated rings. The number of carbonyl (C=O) groups excluding carboxylic acids is 1. The third-order valence-corrected chi connectivity index (χ3v) is 7.02. The second-order valence-electron chi connectivity index (χ2n) is 7.19. The minimum absolute atomic E-state index is 0.107. The van der Waals surface area contributed by atoms with E-state index in [2.05, 4.69) is 10.2 Å². The molecule has 1 aliphatic heterocycles. The lowest BCUT2D eigenvalue weighted by Gasteiger charge is -2.33. The van der Waals surface area contributed by atoms with Crippen LogP contribution in [0, 0.1) is 0 Å². The van der Waals surface area contributed by atoms with Crippen molar-refractivity contribution in [3.8, 4) is 5.75 Å². The van der Waals surface area contributed by atoms with E-state index in [1.807, 2.05) is 6.92 Å². The SMILES string of the molecule is CCN1CCN(S(=O)(=O)c2ccc(NC(=O)COc3ccccc3C(F)(F)F)cc2)CC1. The van der Waals surface area contributed by atoms with Crippen molar-refractivity contribution in [2.24, 2.45) is 0 Å². The maximum Gasteiger partial charge on any atom is 0.419 e. The highest BCUT2D eigenvalue weighted by Gasteiger charge is 2.34. The summed E-state index contributed by atoms with van der Waals surface area (Å²) in [7, 11) is -3.64. The van der Waals surface area contributed by atoms with E-state index in [0.717, 1.165) is 18.7 Å². The van der Waals surface area contributed by atoms with Crippen LogP contribution >= 0.6 is 0 Å². The lowest BCUT2D eigenvalue weighted by Crippen LogP contribution is -2.48. The molecule has 11 heteroatoms. The summed E-state index contributed by atoms with van der Waals surface area (Å²) in [5.74, 6) is -1.12. The van der Waals surface area contributed by atoms with E-state index in [9.17, 15) is 26.4 Å². The number of nitrogens with zero attached hydrogens (tertiary/aromatic N) is 2. The molecule has 174 valence electrons. The third-order valence-electron chi connectivity index (χ3n) is 5.11. The monoisotopic (exact) mass is 471 g/mol. The van der Waals surface area contributed by atoms with E-state index in [4.69, 9.17) is 4.74 Å². The van der Waals surface area contributed by atoms with Crippen molar-refractivity contribution in [1.82, 2.24) is 9.21 Å². The Morgan fingerprint density at radius 3 is 2.25 bits per heavy atom. The van der Waals surface area contributed by atoms with Gasteiger partial charge in [0.1, 0.15) is 5.75 Å². The third kappa shape index (κ3) is 5.78. The van der Waals surface area contributed by atoms with Crippen LogP contribution in [0.4, 0.5) is 18.9 Å². The van der Waals surface area contributed by atoms with Crippen LogP contribution in [0.25, 0.3) is 0 Å². The molecule has 0 unspecified atom stereocenters. The van der Waals surface area contributed by atoms with Crippen molar-refractivity contribution < 1.29 is 31.1 Å². The first kappa shape index (κ1) is 24.0. The number of benzene rings is 2. The molecule has 0 radical (unpaired) electrons. The van der Waals surface area contributed by atoms with Gasteiger partial charge in [-0.05, 0) is 42.9 Å². The second-order valence-corrected chi connectivity index (χ2v) is 9.13. The lowest BCUT2D eigenvalue weighted by molar-refractivity contribution is -0.139. The molecule has 1 amide bonds. The number of para-hydroxylation sites is 1. The largest absolute Gasteiger partial charge is 0.483 e. The molecule has 32 heavy (non-hydrogen) atoms. The number of amides is 1. The molecule has 1 aliphatic rings. The number of ether oxygens (including phenoxy) is 1. The molecule has 3 rings (SSSR count). The fourth-order valence-electron chi connectivity index (χ4n) is 3.31. The molecule has 0 aromatic heterocycles. The van der Waals surface area contributed by atoms with Gasteiger partial charge in [-0.1, -0.05) is 19.1 Å². The number of likely N-dealkylation sites (N-methyl/N-ethyl adjacent to an activating group) is 1. The standard InChI is InChI=1S/C21H24F3N3O4S/c1-2-26-11-13-27(14-12-26)32(29,30)17-9-7-16(8-10-17)25-20(28)15-31-19-6-4-3-5-18(19)21(22,23)24/h3-10H,2,11-15H2,1H3,(H,25,28). The molecule has 0 aliphatic carbocycles. The zero-order valence-electron chi connectivity index (χ0n) is 17.4. The molecule has 7 nitrogen and oxygen atoms in total. The summed E-state index contributed by atoms with van der Waals surface area (Å²) in [6, 6.07) is 10.2. The molecular weight excluding hydrogens is 447 g/mol. The van der Waals surface area contributed by atoms with Crippen LogP contribution in [-0.4, -0.2) is 62.9 Å². The van der Waals surface area contributed by atoms with Crippen LogP contribution in [0.3, 0.4) is 0 Å². The summed E-state index contributed by atoms with van der Waals surface area (Å²) >= 11 is 0. The number of rotatable bonds is 7. The van der Waals surface area contributed by atoms with Crippen LogP contribution in [0.5, 0.6) is 5.75 Å². The summed E-state index contributed by atoms with van der Waals surface area (Å²) in [5.41, 5.74) is -0.667. The quantitative estimate of drug-likeness (QED) is 0.672. The summed E-state index contributed by atoms with van der Waals surface area (Å²) in [6.07, 6.45) is -4.60. The van der Waals surface area contributed by atoms with Gasteiger partial charge in [0.15, 0.2) is 6.61 Å². The molecule has 0 saturated carbocycles. The fourth-order valence-corrected chi connectivity index (χ4v) is 4.73. The molecule has 1 heterocycles. The number of alkyl halides is 3. The van der Waals surface area contributed by atoms with Gasteiger partial charge in [0.2, 0.25) is 10.0 Å². The Balaban J connectivity index is 1.59. The second kappa shape index (κ2) is 9.88. The van der Waals surface area contributed by atoms with Crippen molar-refractivity contribution >= 4 is 21.6 Å². The Bertz CT molecular complexity index is 1040. The van der Waals surface area contributed by atoms with E-state index in [1.165, 1.54) is 40.7 Å². The Labute approximate surface area is 184 Å². The minimum Gasteiger partial charge on any atom is -0.483 e. The van der Waals surface area contributed by atoms with Crippen LogP contribution in [0.15, 0.2) is 53.4 Å². The number of anilines is 1. The van der Waals surface area contributed by atoms with Gasteiger partial charge >= 0.3 is 6.18 Å². The van der Waals surface area contributed by atoms with Crippen LogP contribution < -0.4 is 10.1 Å². The first-order valence-electron chi connectivity index (χ1n) is 10.0. The van der Waals surface area contributed by atoms with Crippen molar-refractivity contribution in [1.29, 1.82) is 0 Å². The fraction of sp³-hybridized carbons (Fsp3) is 0.381. The number of piperazine rings is 1. The maximum atomic E-state index is 13.0. The predicted octanol–water partition coefficient (Wildman–Crippen LogP) is 3.05. The van der Waals surface area contributed by atoms with Gasteiger partial charge in [-0.15, -0.1) is 0 Å². The number of halogens is 3. The van der Waals surface area contributed by atoms with Crippen molar-refractivity contribution in [2.45, 2.75) is 18.0 Å². The number of hydrogen-bond acceptors (Lipinski definition) is 5. The first-order valence-corrected chi connectivity index (χ1v) is 11.5. The van der Waals surface area contributed by atoms with Gasteiger partial charge in [-0.2, -0.15) is 17.5 Å². The van der Waals surface area contributed by atoms with Gasteiger partial charge in [0.25, 0.3) is 5.91 Å². The van der Waals surface area contributed by atoms with Crippen molar-refractivity contribution in [3.63, 3.8) is 0 Å². The number of sulfonamides is 1. The Hall–Kier alpha value is -2.63. The lowest BCUT2D eigenvalue weighted by atomic mass is 10.2. The van der Waals surface area contributed by atoms with Crippen molar-refractivity contribution in [3.05, 3.63) is 54.1 Å². The average molecular weight is 472 g/mol. The van der Waals surface area contributed by atoms with Crippen LogP contribution in [0.1, 0.15) is 12.5 Å². The number of hydrogen-bond donors (Lipinski definition) is 1. The molecule has 1 N–H and O–H groups in total. The van der Waals surface area contributed by atoms with Gasteiger partial charge in [0.05, 0.1) is 10.5 Å². The Morgan fingerprint density at radius 2 is 1.66 bits per heavy atom. The smallest absolute Gasteiger partial charge is 0.419 e. The van der Waals surface area contributed by atoms with Crippen LogP contribution in [-0.2, 0) is 21.0 Å². The zero-order valence-corrected chi connectivity index (χ0v) is 18.2. The van der Waals surface area contributed by atoms with E-state index < -0.39 is 40.0 Å². The molecule has 0 spiro atoms. The highest BCUT2D eigenvalue weighted by molar-refractivity contribution is 7.89. The topological polar surface area (TPSA) is 79.0 Å². The van der Waals surface area contributed by atoms with Gasteiger partial charge < -0.3 is 15.0 Å². The van der Waals surface area contributed by atoms with Crippen molar-refractivity contribution in [2.75, 3.05) is 44.6 Å². The Kier molecular flexibility index (Phi) is 7.42. The summed E-state index contributed by atoms with van der Waals surface area (Å²) in [5, 5.41) is 2.48. The van der Waals surface area contributed by atoms with E-state index in [0.29, 0.717) is 31.9 Å². The highest BCUT2D eigenvalue weighted by Crippen LogP contribution is 2.35. The molecule has 2 aromatic carbocycles. The predicted molar refractivity (Wildman–Crippen MR) is 113 cm³/mol. The summed E-state index contributed by atoms with van der Waals surface area (Å²) < 4.78 is 71.0. The van der Waals surface area contributed by atoms with Gasteiger partial charge in [0, 0.05) is 31.9 Å². The average Bonchev–Trinajstić information content (AvgIpc) is 2.77. The van der Waals surface area contributed by atoms with E-state index in [1.54, 1.807) is 0 Å². The zero-order chi connectivity index (χ0) is 23.4. The molecule has 0 atom stereocenters. The summed E-state index contributed by atoms with van der Waals surface area (Å²) in [6.45, 7) is 4.42. The number of nitrogens with one attached hydrogen (secondary N) is 1. The Morgan fingerprint density at radius 1 is 1.03 bits per heavy atom. The van der Waals surface area contributed by atoms with E-state index >= 15 is 0 Å². The normalized spacial score (nSPS) is 16.0. The molecule has 2 aromatic rings. The molecular formula is C21H24F3N3O4S. The minimum atomic E-state index is -4.60. The van der Waals surface area contributed by atoms with E-state index in [-0.39, 0.29) is 4.90 Å². The number of carbonyl (C=O) groups is 1. The summed E-state index contributed by atoms with van der Waals surface area (Å²) in [4.78, 5) is 14.4. The van der Waals surface area contributed by atoms with Gasteiger partial charge in [-0.25, -0.2) is 8.42 Å². The first-order chi connectivity index (χ1) is 15.1. The molecule has 0 bridgehead atoms.